The van der Waals surface area contributed by atoms with Gasteiger partial charge in [0.15, 0.2) is 11.2 Å². The van der Waals surface area contributed by atoms with Crippen LogP contribution in [0.2, 0.25) is 5.02 Å². The molecule has 0 aliphatic carbocycles. The van der Waals surface area contributed by atoms with E-state index in [9.17, 15) is 9.59 Å². The molecule has 6 nitrogen and oxygen atoms in total. The van der Waals surface area contributed by atoms with Crippen molar-refractivity contribution >= 4 is 22.8 Å². The van der Waals surface area contributed by atoms with Crippen LogP contribution in [-0.4, -0.2) is 19.1 Å². The molecule has 0 saturated carbocycles. The molecule has 0 amide bonds. The van der Waals surface area contributed by atoms with Crippen LogP contribution in [0.25, 0.3) is 11.2 Å². The molecule has 4 rings (SSSR count). The third kappa shape index (κ3) is 2.95. The van der Waals surface area contributed by atoms with Gasteiger partial charge in [0, 0.05) is 5.02 Å². The number of imidazole rings is 1. The summed E-state index contributed by atoms with van der Waals surface area (Å²) in [6.45, 7) is 0.721. The van der Waals surface area contributed by atoms with Gasteiger partial charge in [-0.05, 0) is 17.2 Å². The fourth-order valence-corrected chi connectivity index (χ4v) is 3.16. The van der Waals surface area contributed by atoms with Crippen molar-refractivity contribution < 1.29 is 0 Å². The third-order valence-corrected chi connectivity index (χ3v) is 4.61. The minimum Gasteiger partial charge on any atom is -0.320 e. The van der Waals surface area contributed by atoms with Crippen molar-refractivity contribution in [3.63, 3.8) is 0 Å². The van der Waals surface area contributed by atoms with Crippen LogP contribution in [0.15, 0.2) is 70.5 Å². The Labute approximate surface area is 153 Å². The summed E-state index contributed by atoms with van der Waals surface area (Å²) in [6, 6.07) is 17.0. The molecule has 7 heteroatoms. The van der Waals surface area contributed by atoms with E-state index in [4.69, 9.17) is 11.6 Å². The van der Waals surface area contributed by atoms with Gasteiger partial charge in [0.05, 0.1) is 19.4 Å². The van der Waals surface area contributed by atoms with Gasteiger partial charge in [0.2, 0.25) is 0 Å². The first-order valence-electron chi connectivity index (χ1n) is 8.09. The zero-order valence-electron chi connectivity index (χ0n) is 13.7. The Kier molecular flexibility index (Phi) is 4.18. The molecular formula is C19H15ClN4O2. The van der Waals surface area contributed by atoms with Crippen LogP contribution in [-0.2, 0) is 13.1 Å². The summed E-state index contributed by atoms with van der Waals surface area (Å²) in [5.74, 6) is 0. The quantitative estimate of drug-likeness (QED) is 0.603. The van der Waals surface area contributed by atoms with Crippen molar-refractivity contribution in [2.75, 3.05) is 0 Å². The minimum atomic E-state index is -0.477. The zero-order chi connectivity index (χ0) is 18.1. The van der Waals surface area contributed by atoms with Crippen LogP contribution in [0.3, 0.4) is 0 Å². The van der Waals surface area contributed by atoms with E-state index < -0.39 is 11.2 Å². The molecule has 2 heterocycles. The Bertz CT molecular complexity index is 1190. The lowest BCUT2D eigenvalue weighted by atomic mass is 10.2. The summed E-state index contributed by atoms with van der Waals surface area (Å²) in [7, 11) is 0. The molecule has 1 N–H and O–H groups in total. The van der Waals surface area contributed by atoms with Crippen molar-refractivity contribution in [2.45, 2.75) is 13.1 Å². The van der Waals surface area contributed by atoms with E-state index >= 15 is 0 Å². The molecule has 0 aliphatic heterocycles. The molecule has 0 fully saturated rings. The first-order valence-corrected chi connectivity index (χ1v) is 8.46. The Balaban J connectivity index is 1.83. The molecule has 0 atom stereocenters. The van der Waals surface area contributed by atoms with Crippen molar-refractivity contribution in [3.8, 4) is 0 Å². The summed E-state index contributed by atoms with van der Waals surface area (Å²) in [5, 5.41) is 0.614. The van der Waals surface area contributed by atoms with Crippen molar-refractivity contribution in [2.24, 2.45) is 0 Å². The fourth-order valence-electron chi connectivity index (χ4n) is 2.96. The standard InChI is InChI=1S/C19H15ClN4O2/c20-15-9-5-4-8-14(15)11-23-12-21-17-16(23)18(25)22-19(26)24(17)10-13-6-2-1-3-7-13/h1-9,12H,10-11H2,(H,22,25,26). The van der Waals surface area contributed by atoms with E-state index in [0.29, 0.717) is 29.3 Å². The van der Waals surface area contributed by atoms with Gasteiger partial charge in [-0.15, -0.1) is 0 Å². The van der Waals surface area contributed by atoms with Crippen LogP contribution in [0, 0.1) is 0 Å². The molecule has 0 saturated heterocycles. The molecule has 0 bridgehead atoms. The van der Waals surface area contributed by atoms with E-state index in [-0.39, 0.29) is 0 Å². The molecule has 0 unspecified atom stereocenters. The summed E-state index contributed by atoms with van der Waals surface area (Å²) in [5.41, 5.74) is 1.58. The molecule has 26 heavy (non-hydrogen) atoms. The third-order valence-electron chi connectivity index (χ3n) is 4.24. The second kappa shape index (κ2) is 6.65. The van der Waals surface area contributed by atoms with Crippen LogP contribution < -0.4 is 11.2 Å². The number of aromatic nitrogens is 4. The topological polar surface area (TPSA) is 72.7 Å². The van der Waals surface area contributed by atoms with Crippen LogP contribution in [0.4, 0.5) is 0 Å². The maximum Gasteiger partial charge on any atom is 0.330 e. The maximum atomic E-state index is 12.4. The highest BCUT2D eigenvalue weighted by molar-refractivity contribution is 6.31. The van der Waals surface area contributed by atoms with Crippen molar-refractivity contribution in [3.05, 3.63) is 97.9 Å². The maximum absolute atomic E-state index is 12.4. The Hall–Kier alpha value is -3.12. The average Bonchev–Trinajstić information content (AvgIpc) is 3.05. The number of aromatic amines is 1. The minimum absolute atomic E-state index is 0.329. The summed E-state index contributed by atoms with van der Waals surface area (Å²) >= 11 is 6.22. The monoisotopic (exact) mass is 366 g/mol. The van der Waals surface area contributed by atoms with Gasteiger partial charge in [-0.3, -0.25) is 14.3 Å². The van der Waals surface area contributed by atoms with Gasteiger partial charge in [-0.1, -0.05) is 60.1 Å². The number of benzene rings is 2. The Morgan fingerprint density at radius 1 is 0.962 bits per heavy atom. The fraction of sp³-hybridized carbons (Fsp3) is 0.105. The van der Waals surface area contributed by atoms with E-state index in [1.54, 1.807) is 17.0 Å². The highest BCUT2D eigenvalue weighted by Gasteiger charge is 2.14. The predicted octanol–water partition coefficient (Wildman–Crippen LogP) is 2.64. The molecule has 2 aromatic heterocycles. The van der Waals surface area contributed by atoms with Crippen molar-refractivity contribution in [1.29, 1.82) is 0 Å². The molecule has 2 aromatic carbocycles. The van der Waals surface area contributed by atoms with E-state index in [1.807, 2.05) is 48.5 Å². The number of nitrogens with zero attached hydrogens (tertiary/aromatic N) is 3. The van der Waals surface area contributed by atoms with E-state index in [1.165, 1.54) is 4.57 Å². The van der Waals surface area contributed by atoms with Gasteiger partial charge in [0.25, 0.3) is 5.56 Å². The Morgan fingerprint density at radius 2 is 1.69 bits per heavy atom. The lowest BCUT2D eigenvalue weighted by Gasteiger charge is -2.08. The second-order valence-electron chi connectivity index (χ2n) is 5.97. The van der Waals surface area contributed by atoms with E-state index in [2.05, 4.69) is 9.97 Å². The normalized spacial score (nSPS) is 11.1. The predicted molar refractivity (Wildman–Crippen MR) is 101 cm³/mol. The second-order valence-corrected chi connectivity index (χ2v) is 6.37. The van der Waals surface area contributed by atoms with Gasteiger partial charge < -0.3 is 4.57 Å². The molecule has 130 valence electrons. The lowest BCUT2D eigenvalue weighted by molar-refractivity contribution is 0.745. The molecule has 4 aromatic rings. The van der Waals surface area contributed by atoms with Gasteiger partial charge in [0.1, 0.15) is 0 Å². The number of rotatable bonds is 4. The lowest BCUT2D eigenvalue weighted by Crippen LogP contribution is -2.31. The molecule has 0 spiro atoms. The van der Waals surface area contributed by atoms with Crippen LogP contribution in [0.1, 0.15) is 11.1 Å². The largest absolute Gasteiger partial charge is 0.330 e. The number of hydrogen-bond donors (Lipinski definition) is 1. The first kappa shape index (κ1) is 16.4. The number of H-pyrrole nitrogens is 1. The van der Waals surface area contributed by atoms with Crippen molar-refractivity contribution in [1.82, 2.24) is 19.1 Å². The number of halogens is 1. The number of hydrogen-bond acceptors (Lipinski definition) is 3. The Morgan fingerprint density at radius 3 is 2.46 bits per heavy atom. The van der Waals surface area contributed by atoms with Crippen LogP contribution >= 0.6 is 11.6 Å². The SMILES string of the molecule is O=c1[nH]c(=O)n(Cc2ccccc2)c2ncn(Cc3ccccc3Cl)c12. The summed E-state index contributed by atoms with van der Waals surface area (Å²) < 4.78 is 3.17. The molecule has 0 aliphatic rings. The first-order chi connectivity index (χ1) is 12.6. The summed E-state index contributed by atoms with van der Waals surface area (Å²) in [6.07, 6.45) is 1.56. The highest BCUT2D eigenvalue weighted by Crippen LogP contribution is 2.18. The average molecular weight is 367 g/mol. The van der Waals surface area contributed by atoms with Gasteiger partial charge in [-0.2, -0.15) is 0 Å². The van der Waals surface area contributed by atoms with Gasteiger partial charge >= 0.3 is 5.69 Å². The summed E-state index contributed by atoms with van der Waals surface area (Å²) in [4.78, 5) is 31.4. The van der Waals surface area contributed by atoms with E-state index in [0.717, 1.165) is 11.1 Å². The number of nitrogens with one attached hydrogen (secondary N) is 1. The van der Waals surface area contributed by atoms with Gasteiger partial charge in [-0.25, -0.2) is 9.78 Å². The molecule has 0 radical (unpaired) electrons. The zero-order valence-corrected chi connectivity index (χ0v) is 14.5. The number of fused-ring (bicyclic) bond motifs is 1. The molecular weight excluding hydrogens is 352 g/mol. The highest BCUT2D eigenvalue weighted by atomic mass is 35.5. The smallest absolute Gasteiger partial charge is 0.320 e. The van der Waals surface area contributed by atoms with Crippen LogP contribution in [0.5, 0.6) is 0 Å².